The standard InChI is InChI=1S/C14H24N4O4S/c1-18-4-2-9(8-18)13(19)15-10-6-11(7-10)16-14(20)12-3-5-23(21,22)17-12/h9-12,17H,2-8H2,1H3,(H,15,19)(H,16,20). The van der Waals surface area contributed by atoms with Crippen LogP contribution < -0.4 is 15.4 Å². The number of nitrogens with one attached hydrogen (secondary N) is 3. The highest BCUT2D eigenvalue weighted by molar-refractivity contribution is 7.89. The summed E-state index contributed by atoms with van der Waals surface area (Å²) in [5.41, 5.74) is 0. The molecule has 0 bridgehead atoms. The van der Waals surface area contributed by atoms with Gasteiger partial charge in [-0.2, -0.15) is 0 Å². The fraction of sp³-hybridized carbons (Fsp3) is 0.857. The molecular weight excluding hydrogens is 320 g/mol. The first kappa shape index (κ1) is 16.7. The van der Waals surface area contributed by atoms with E-state index in [2.05, 4.69) is 20.3 Å². The Balaban J connectivity index is 1.36. The molecule has 2 heterocycles. The highest BCUT2D eigenvalue weighted by Crippen LogP contribution is 2.22. The molecule has 2 saturated heterocycles. The normalized spacial score (nSPS) is 36.4. The van der Waals surface area contributed by atoms with Crippen LogP contribution in [0.1, 0.15) is 25.7 Å². The zero-order valence-electron chi connectivity index (χ0n) is 13.2. The van der Waals surface area contributed by atoms with Crippen LogP contribution in [-0.4, -0.2) is 69.1 Å². The van der Waals surface area contributed by atoms with Gasteiger partial charge in [-0.05, 0) is 39.3 Å². The minimum Gasteiger partial charge on any atom is -0.353 e. The maximum Gasteiger partial charge on any atom is 0.238 e. The topological polar surface area (TPSA) is 108 Å². The summed E-state index contributed by atoms with van der Waals surface area (Å²) in [6.07, 6.45) is 2.63. The summed E-state index contributed by atoms with van der Waals surface area (Å²) in [5, 5.41) is 5.89. The van der Waals surface area contributed by atoms with Crippen LogP contribution in [0.15, 0.2) is 0 Å². The molecule has 9 heteroatoms. The molecule has 3 N–H and O–H groups in total. The molecule has 3 rings (SSSR count). The van der Waals surface area contributed by atoms with Gasteiger partial charge in [0.1, 0.15) is 6.04 Å². The number of rotatable bonds is 4. The van der Waals surface area contributed by atoms with Gasteiger partial charge in [0.15, 0.2) is 0 Å². The van der Waals surface area contributed by atoms with E-state index >= 15 is 0 Å². The number of likely N-dealkylation sites (tertiary alicyclic amines) is 1. The summed E-state index contributed by atoms with van der Waals surface area (Å²) in [4.78, 5) is 26.2. The van der Waals surface area contributed by atoms with E-state index in [1.54, 1.807) is 0 Å². The Morgan fingerprint density at radius 2 is 1.74 bits per heavy atom. The van der Waals surface area contributed by atoms with Crippen molar-refractivity contribution in [1.29, 1.82) is 0 Å². The number of nitrogens with zero attached hydrogens (tertiary/aromatic N) is 1. The third kappa shape index (κ3) is 4.02. The predicted molar refractivity (Wildman–Crippen MR) is 84.0 cm³/mol. The van der Waals surface area contributed by atoms with Crippen molar-refractivity contribution in [2.75, 3.05) is 25.9 Å². The molecule has 2 atom stereocenters. The molecule has 0 radical (unpaired) electrons. The van der Waals surface area contributed by atoms with Gasteiger partial charge in [0.2, 0.25) is 21.8 Å². The summed E-state index contributed by atoms with van der Waals surface area (Å²) < 4.78 is 24.9. The molecule has 0 aromatic carbocycles. The molecule has 0 spiro atoms. The first-order chi connectivity index (χ1) is 10.8. The average Bonchev–Trinajstić information content (AvgIpc) is 3.01. The molecule has 130 valence electrons. The first-order valence-electron chi connectivity index (χ1n) is 8.12. The maximum atomic E-state index is 12.1. The van der Waals surface area contributed by atoms with Crippen molar-refractivity contribution >= 4 is 21.8 Å². The van der Waals surface area contributed by atoms with Gasteiger partial charge in [-0.15, -0.1) is 0 Å². The molecule has 3 aliphatic rings. The fourth-order valence-electron chi connectivity index (χ4n) is 3.42. The minimum atomic E-state index is -3.28. The van der Waals surface area contributed by atoms with Crippen molar-refractivity contribution < 1.29 is 18.0 Å². The Morgan fingerprint density at radius 1 is 1.09 bits per heavy atom. The largest absolute Gasteiger partial charge is 0.353 e. The van der Waals surface area contributed by atoms with Gasteiger partial charge < -0.3 is 15.5 Å². The molecule has 3 fully saturated rings. The van der Waals surface area contributed by atoms with Crippen molar-refractivity contribution in [1.82, 2.24) is 20.3 Å². The molecular formula is C14H24N4O4S. The van der Waals surface area contributed by atoms with Crippen LogP contribution in [0.4, 0.5) is 0 Å². The molecule has 0 aromatic heterocycles. The van der Waals surface area contributed by atoms with E-state index in [-0.39, 0.29) is 35.6 Å². The second-order valence-corrected chi connectivity index (χ2v) is 8.78. The van der Waals surface area contributed by atoms with E-state index in [4.69, 9.17) is 0 Å². The Labute approximate surface area is 136 Å². The minimum absolute atomic E-state index is 0.00424. The van der Waals surface area contributed by atoms with Crippen molar-refractivity contribution in [3.63, 3.8) is 0 Å². The van der Waals surface area contributed by atoms with Gasteiger partial charge >= 0.3 is 0 Å². The van der Waals surface area contributed by atoms with Crippen LogP contribution in [-0.2, 0) is 19.6 Å². The van der Waals surface area contributed by atoms with E-state index in [0.717, 1.165) is 19.5 Å². The van der Waals surface area contributed by atoms with Crippen molar-refractivity contribution in [3.8, 4) is 0 Å². The van der Waals surface area contributed by atoms with Gasteiger partial charge in [0.25, 0.3) is 0 Å². The Hall–Kier alpha value is -1.19. The van der Waals surface area contributed by atoms with Crippen molar-refractivity contribution in [3.05, 3.63) is 0 Å². The van der Waals surface area contributed by atoms with E-state index < -0.39 is 16.1 Å². The lowest BCUT2D eigenvalue weighted by molar-refractivity contribution is -0.126. The van der Waals surface area contributed by atoms with Crippen LogP contribution >= 0.6 is 0 Å². The molecule has 23 heavy (non-hydrogen) atoms. The molecule has 1 aliphatic carbocycles. The summed E-state index contributed by atoms with van der Waals surface area (Å²) >= 11 is 0. The second-order valence-electron chi connectivity index (χ2n) is 6.91. The van der Waals surface area contributed by atoms with Crippen molar-refractivity contribution in [2.24, 2.45) is 5.92 Å². The molecule has 2 aliphatic heterocycles. The summed E-state index contributed by atoms with van der Waals surface area (Å²) in [6.45, 7) is 1.76. The zero-order valence-corrected chi connectivity index (χ0v) is 14.1. The fourth-order valence-corrected chi connectivity index (χ4v) is 4.74. The SMILES string of the molecule is CN1CCC(C(=O)NC2CC(NC(=O)C3CCS(=O)(=O)N3)C2)C1. The monoisotopic (exact) mass is 344 g/mol. The van der Waals surface area contributed by atoms with Gasteiger partial charge in [-0.3, -0.25) is 9.59 Å². The molecule has 2 unspecified atom stereocenters. The van der Waals surface area contributed by atoms with Gasteiger partial charge in [-0.25, -0.2) is 13.1 Å². The summed E-state index contributed by atoms with van der Waals surface area (Å²) in [7, 11) is -1.26. The number of amides is 2. The summed E-state index contributed by atoms with van der Waals surface area (Å²) in [6, 6.07) is -0.522. The van der Waals surface area contributed by atoms with E-state index in [1.807, 2.05) is 7.05 Å². The third-order valence-electron chi connectivity index (χ3n) is 4.91. The van der Waals surface area contributed by atoms with Crippen LogP contribution in [0, 0.1) is 5.92 Å². The maximum absolute atomic E-state index is 12.1. The Bertz CT molecular complexity index is 588. The van der Waals surface area contributed by atoms with Gasteiger partial charge in [0.05, 0.1) is 11.7 Å². The summed E-state index contributed by atoms with van der Waals surface area (Å²) in [5.74, 6) is -0.0861. The highest BCUT2D eigenvalue weighted by atomic mass is 32.2. The number of hydrogen-bond donors (Lipinski definition) is 3. The number of hydrogen-bond acceptors (Lipinski definition) is 5. The highest BCUT2D eigenvalue weighted by Gasteiger charge is 2.37. The number of carbonyl (C=O) groups is 2. The molecule has 1 saturated carbocycles. The van der Waals surface area contributed by atoms with Crippen LogP contribution in [0.3, 0.4) is 0 Å². The van der Waals surface area contributed by atoms with E-state index in [1.165, 1.54) is 0 Å². The van der Waals surface area contributed by atoms with E-state index in [9.17, 15) is 18.0 Å². The van der Waals surface area contributed by atoms with Gasteiger partial charge in [0, 0.05) is 18.6 Å². The Kier molecular flexibility index (Phi) is 4.61. The van der Waals surface area contributed by atoms with Crippen LogP contribution in [0.5, 0.6) is 0 Å². The lowest BCUT2D eigenvalue weighted by Crippen LogP contribution is -2.57. The smallest absolute Gasteiger partial charge is 0.238 e. The van der Waals surface area contributed by atoms with Crippen LogP contribution in [0.2, 0.25) is 0 Å². The lowest BCUT2D eigenvalue weighted by Gasteiger charge is -2.37. The van der Waals surface area contributed by atoms with Crippen LogP contribution in [0.25, 0.3) is 0 Å². The van der Waals surface area contributed by atoms with Crippen molar-refractivity contribution in [2.45, 2.75) is 43.8 Å². The molecule has 2 amide bonds. The van der Waals surface area contributed by atoms with Gasteiger partial charge in [-0.1, -0.05) is 0 Å². The second kappa shape index (κ2) is 6.37. The quantitative estimate of drug-likeness (QED) is 0.569. The number of carbonyl (C=O) groups excluding carboxylic acids is 2. The molecule has 8 nitrogen and oxygen atoms in total. The molecule has 0 aromatic rings. The first-order valence-corrected chi connectivity index (χ1v) is 9.77. The number of sulfonamides is 1. The van der Waals surface area contributed by atoms with E-state index in [0.29, 0.717) is 19.3 Å². The zero-order chi connectivity index (χ0) is 16.6. The third-order valence-corrected chi connectivity index (χ3v) is 6.32. The lowest BCUT2D eigenvalue weighted by atomic mass is 9.86. The average molecular weight is 344 g/mol. The Morgan fingerprint density at radius 3 is 2.26 bits per heavy atom. The predicted octanol–water partition coefficient (Wildman–Crippen LogP) is -1.61.